The summed E-state index contributed by atoms with van der Waals surface area (Å²) in [6, 6.07) is 6.31. The van der Waals surface area contributed by atoms with Crippen LogP contribution in [0.1, 0.15) is 50.4 Å². The van der Waals surface area contributed by atoms with Gasteiger partial charge < -0.3 is 0 Å². The van der Waals surface area contributed by atoms with Crippen LogP contribution in [0, 0.1) is 6.92 Å². The third-order valence-electron chi connectivity index (χ3n) is 3.34. The molecule has 0 spiro atoms. The van der Waals surface area contributed by atoms with E-state index in [2.05, 4.69) is 45.9 Å². The van der Waals surface area contributed by atoms with Gasteiger partial charge in [0.05, 0.1) is 6.04 Å². The Hall–Kier alpha value is -1.15. The number of nitrogens with zero attached hydrogens (tertiary/aromatic N) is 1. The molecule has 0 aliphatic carbocycles. The van der Waals surface area contributed by atoms with Crippen LogP contribution in [0.3, 0.4) is 0 Å². The van der Waals surface area contributed by atoms with E-state index in [1.165, 1.54) is 11.1 Å². The number of Topliss-reactive ketones (excluding diaryl/α,β-unsaturated/α-hetero) is 1. The standard InChI is InChI=1S/C16H25NO/c1-11-8-9-13(16(3,4)5)10-14(11)15(12(2)18)17(6)7/h8-10,15H,1-7H3. The smallest absolute Gasteiger partial charge is 0.151 e. The summed E-state index contributed by atoms with van der Waals surface area (Å²) in [5.74, 6) is 0.189. The highest BCUT2D eigenvalue weighted by Crippen LogP contribution is 2.29. The molecule has 2 heteroatoms. The molecule has 0 heterocycles. The molecule has 0 radical (unpaired) electrons. The predicted octanol–water partition coefficient (Wildman–Crippen LogP) is 3.48. The minimum absolute atomic E-state index is 0.107. The SMILES string of the molecule is CC(=O)C(c1cc(C(C)(C)C)ccc1C)N(C)C. The Kier molecular flexibility index (Phi) is 4.33. The van der Waals surface area contributed by atoms with Crippen LogP contribution >= 0.6 is 0 Å². The van der Waals surface area contributed by atoms with Gasteiger partial charge in [-0.3, -0.25) is 9.69 Å². The number of likely N-dealkylation sites (N-methyl/N-ethyl adjacent to an activating group) is 1. The van der Waals surface area contributed by atoms with E-state index in [-0.39, 0.29) is 17.2 Å². The molecule has 1 unspecified atom stereocenters. The lowest BCUT2D eigenvalue weighted by atomic mass is 9.83. The summed E-state index contributed by atoms with van der Waals surface area (Å²) in [5.41, 5.74) is 3.68. The van der Waals surface area contributed by atoms with Gasteiger partial charge >= 0.3 is 0 Å². The Bertz CT molecular complexity index is 441. The molecule has 2 nitrogen and oxygen atoms in total. The van der Waals surface area contributed by atoms with E-state index in [1.807, 2.05) is 19.0 Å². The zero-order valence-corrected chi connectivity index (χ0v) is 12.7. The van der Waals surface area contributed by atoms with E-state index >= 15 is 0 Å². The predicted molar refractivity (Wildman–Crippen MR) is 77.0 cm³/mol. The lowest BCUT2D eigenvalue weighted by molar-refractivity contribution is -0.121. The summed E-state index contributed by atoms with van der Waals surface area (Å²) in [6.45, 7) is 10.3. The summed E-state index contributed by atoms with van der Waals surface area (Å²) in [4.78, 5) is 13.8. The molecule has 0 aromatic heterocycles. The number of hydrogen-bond acceptors (Lipinski definition) is 2. The molecule has 1 aromatic rings. The first-order valence-corrected chi connectivity index (χ1v) is 6.42. The minimum atomic E-state index is -0.146. The van der Waals surface area contributed by atoms with Crippen LogP contribution in [-0.2, 0) is 10.2 Å². The van der Waals surface area contributed by atoms with Crippen molar-refractivity contribution in [3.8, 4) is 0 Å². The van der Waals surface area contributed by atoms with Crippen molar-refractivity contribution in [3.05, 3.63) is 34.9 Å². The van der Waals surface area contributed by atoms with Gasteiger partial charge in [-0.1, -0.05) is 39.0 Å². The van der Waals surface area contributed by atoms with Gasteiger partial charge in [0.2, 0.25) is 0 Å². The highest BCUT2D eigenvalue weighted by atomic mass is 16.1. The molecule has 100 valence electrons. The van der Waals surface area contributed by atoms with Crippen molar-refractivity contribution in [2.75, 3.05) is 14.1 Å². The molecular formula is C16H25NO. The number of hydrogen-bond donors (Lipinski definition) is 0. The summed E-state index contributed by atoms with van der Waals surface area (Å²) in [7, 11) is 3.91. The second kappa shape index (κ2) is 5.23. The van der Waals surface area contributed by atoms with E-state index in [1.54, 1.807) is 6.92 Å². The van der Waals surface area contributed by atoms with Crippen molar-refractivity contribution in [3.63, 3.8) is 0 Å². The maximum Gasteiger partial charge on any atom is 0.151 e. The molecule has 0 bridgehead atoms. The quantitative estimate of drug-likeness (QED) is 0.815. The molecular weight excluding hydrogens is 222 g/mol. The van der Waals surface area contributed by atoms with Crippen molar-refractivity contribution in [1.29, 1.82) is 0 Å². The normalized spacial score (nSPS) is 13.8. The highest BCUT2D eigenvalue weighted by Gasteiger charge is 2.23. The molecule has 0 amide bonds. The van der Waals surface area contributed by atoms with Crippen LogP contribution < -0.4 is 0 Å². The van der Waals surface area contributed by atoms with Crippen molar-refractivity contribution in [1.82, 2.24) is 4.90 Å². The Morgan fingerprint density at radius 1 is 1.22 bits per heavy atom. The van der Waals surface area contributed by atoms with Crippen molar-refractivity contribution in [2.45, 2.75) is 46.1 Å². The minimum Gasteiger partial charge on any atom is -0.298 e. The van der Waals surface area contributed by atoms with Gasteiger partial charge in [0.1, 0.15) is 0 Å². The molecule has 0 aliphatic rings. The maximum absolute atomic E-state index is 11.9. The Labute approximate surface area is 111 Å². The van der Waals surface area contributed by atoms with Gasteiger partial charge in [-0.15, -0.1) is 0 Å². The third-order valence-corrected chi connectivity index (χ3v) is 3.34. The van der Waals surface area contributed by atoms with Crippen molar-refractivity contribution >= 4 is 5.78 Å². The first-order valence-electron chi connectivity index (χ1n) is 6.42. The van der Waals surface area contributed by atoms with Gasteiger partial charge in [-0.25, -0.2) is 0 Å². The zero-order chi connectivity index (χ0) is 14.1. The zero-order valence-electron chi connectivity index (χ0n) is 12.7. The van der Waals surface area contributed by atoms with Gasteiger partial charge in [0, 0.05) is 0 Å². The molecule has 1 rings (SSSR count). The fourth-order valence-electron chi connectivity index (χ4n) is 2.26. The van der Waals surface area contributed by atoms with E-state index < -0.39 is 0 Å². The van der Waals surface area contributed by atoms with Gasteiger partial charge in [0.25, 0.3) is 0 Å². The van der Waals surface area contributed by atoms with Crippen LogP contribution in [0.25, 0.3) is 0 Å². The van der Waals surface area contributed by atoms with Crippen LogP contribution in [0.2, 0.25) is 0 Å². The number of ketones is 1. The molecule has 18 heavy (non-hydrogen) atoms. The number of benzene rings is 1. The lowest BCUT2D eigenvalue weighted by Crippen LogP contribution is -2.27. The molecule has 0 N–H and O–H groups in total. The average molecular weight is 247 g/mol. The summed E-state index contributed by atoms with van der Waals surface area (Å²) >= 11 is 0. The summed E-state index contributed by atoms with van der Waals surface area (Å²) < 4.78 is 0. The fraction of sp³-hybridized carbons (Fsp3) is 0.562. The molecule has 0 aliphatic heterocycles. The molecule has 0 saturated heterocycles. The van der Waals surface area contributed by atoms with E-state index in [0.717, 1.165) is 5.56 Å². The highest BCUT2D eigenvalue weighted by molar-refractivity contribution is 5.83. The third kappa shape index (κ3) is 3.20. The van der Waals surface area contributed by atoms with Crippen LogP contribution in [-0.4, -0.2) is 24.8 Å². The number of aryl methyl sites for hydroxylation is 1. The fourth-order valence-corrected chi connectivity index (χ4v) is 2.26. The summed E-state index contributed by atoms with van der Waals surface area (Å²) in [6.07, 6.45) is 0. The van der Waals surface area contributed by atoms with E-state index in [4.69, 9.17) is 0 Å². The second-order valence-electron chi connectivity index (χ2n) is 6.30. The van der Waals surface area contributed by atoms with Crippen molar-refractivity contribution in [2.24, 2.45) is 0 Å². The number of rotatable bonds is 3. The molecule has 0 fully saturated rings. The molecule has 1 aromatic carbocycles. The lowest BCUT2D eigenvalue weighted by Gasteiger charge is -2.27. The monoisotopic (exact) mass is 247 g/mol. The average Bonchev–Trinajstić information content (AvgIpc) is 2.18. The number of carbonyl (C=O) groups is 1. The van der Waals surface area contributed by atoms with Crippen LogP contribution in [0.5, 0.6) is 0 Å². The molecule has 0 saturated carbocycles. The Morgan fingerprint density at radius 2 is 1.78 bits per heavy atom. The second-order valence-corrected chi connectivity index (χ2v) is 6.30. The van der Waals surface area contributed by atoms with Gasteiger partial charge in [-0.2, -0.15) is 0 Å². The largest absolute Gasteiger partial charge is 0.298 e. The van der Waals surface area contributed by atoms with Crippen molar-refractivity contribution < 1.29 is 4.79 Å². The van der Waals surface area contributed by atoms with Crippen LogP contribution in [0.4, 0.5) is 0 Å². The summed E-state index contributed by atoms with van der Waals surface area (Å²) in [5, 5.41) is 0. The van der Waals surface area contributed by atoms with Crippen LogP contribution in [0.15, 0.2) is 18.2 Å². The topological polar surface area (TPSA) is 20.3 Å². The molecule has 1 atom stereocenters. The Balaban J connectivity index is 3.34. The van der Waals surface area contributed by atoms with Gasteiger partial charge in [-0.05, 0) is 50.0 Å². The maximum atomic E-state index is 11.9. The number of carbonyl (C=O) groups excluding carboxylic acids is 1. The first-order chi connectivity index (χ1) is 8.14. The Morgan fingerprint density at radius 3 is 2.17 bits per heavy atom. The van der Waals surface area contributed by atoms with E-state index in [9.17, 15) is 4.79 Å². The van der Waals surface area contributed by atoms with E-state index in [0.29, 0.717) is 0 Å². The van der Waals surface area contributed by atoms with Gasteiger partial charge in [0.15, 0.2) is 5.78 Å². The first kappa shape index (κ1) is 14.9.